The average Bonchev–Trinajstić information content (AvgIpc) is 3.49. The Labute approximate surface area is 210 Å². The summed E-state index contributed by atoms with van der Waals surface area (Å²) in [7, 11) is 0. The summed E-state index contributed by atoms with van der Waals surface area (Å²) < 4.78 is 25.8. The number of halogens is 1. The summed E-state index contributed by atoms with van der Waals surface area (Å²) in [5.74, 6) is -1.49. The van der Waals surface area contributed by atoms with Crippen molar-refractivity contribution < 1.29 is 23.2 Å². The first-order chi connectivity index (χ1) is 17.9. The number of benzene rings is 2. The van der Waals surface area contributed by atoms with E-state index < -0.39 is 18.0 Å². The molecule has 3 aromatic heterocycles. The van der Waals surface area contributed by atoms with Gasteiger partial charge in [0.2, 0.25) is 5.88 Å². The van der Waals surface area contributed by atoms with Gasteiger partial charge in [0, 0.05) is 11.6 Å². The van der Waals surface area contributed by atoms with E-state index in [1.54, 1.807) is 35.9 Å². The van der Waals surface area contributed by atoms with E-state index in [9.17, 15) is 14.0 Å². The zero-order valence-electron chi connectivity index (χ0n) is 20.0. The lowest BCUT2D eigenvalue weighted by atomic mass is 10.1. The molecule has 0 aliphatic heterocycles. The molecule has 10 heteroatoms. The number of fused-ring (bicyclic) bond motifs is 1. The Bertz CT molecular complexity index is 1600. The number of rotatable bonds is 7. The number of carbonyl (C=O) groups is 2. The Morgan fingerprint density at radius 3 is 2.65 bits per heavy atom. The van der Waals surface area contributed by atoms with E-state index in [2.05, 4.69) is 15.6 Å². The monoisotopic (exact) mass is 499 g/mol. The van der Waals surface area contributed by atoms with Crippen LogP contribution in [0.2, 0.25) is 0 Å². The molecule has 0 fully saturated rings. The number of carbonyl (C=O) groups excluding carboxylic acids is 2. The van der Waals surface area contributed by atoms with Gasteiger partial charge in [0.05, 0.1) is 35.1 Å². The predicted molar refractivity (Wildman–Crippen MR) is 133 cm³/mol. The molecule has 1 N–H and O–H groups in total. The number of ether oxygens (including phenoxy) is 1. The van der Waals surface area contributed by atoms with Crippen LogP contribution in [0.1, 0.15) is 28.5 Å². The second-order valence-electron chi connectivity index (χ2n) is 8.46. The molecule has 1 atom stereocenters. The molecule has 1 amide bonds. The zero-order chi connectivity index (χ0) is 25.9. The average molecular weight is 500 g/mol. The summed E-state index contributed by atoms with van der Waals surface area (Å²) in [6, 6.07) is 18.7. The first-order valence-corrected chi connectivity index (χ1v) is 11.5. The number of amides is 1. The third-order valence-electron chi connectivity index (χ3n) is 5.65. The van der Waals surface area contributed by atoms with Crippen molar-refractivity contribution in [3.05, 3.63) is 95.6 Å². The van der Waals surface area contributed by atoms with Crippen molar-refractivity contribution in [3.63, 3.8) is 0 Å². The van der Waals surface area contributed by atoms with Crippen LogP contribution >= 0.6 is 0 Å². The van der Waals surface area contributed by atoms with Crippen LogP contribution in [0.5, 0.6) is 0 Å². The molecule has 2 aromatic carbocycles. The largest absolute Gasteiger partial charge is 0.449 e. The van der Waals surface area contributed by atoms with Gasteiger partial charge in [0.25, 0.3) is 5.91 Å². The van der Waals surface area contributed by atoms with Gasteiger partial charge in [-0.2, -0.15) is 5.10 Å². The van der Waals surface area contributed by atoms with Crippen molar-refractivity contribution in [2.45, 2.75) is 26.5 Å². The minimum Gasteiger partial charge on any atom is -0.449 e. The Morgan fingerprint density at radius 2 is 1.92 bits per heavy atom. The highest BCUT2D eigenvalue weighted by Gasteiger charge is 2.24. The Balaban J connectivity index is 1.48. The fourth-order valence-corrected chi connectivity index (χ4v) is 3.82. The number of anilines is 1. The normalized spacial score (nSPS) is 11.9. The first-order valence-electron chi connectivity index (χ1n) is 11.5. The van der Waals surface area contributed by atoms with Crippen LogP contribution in [-0.4, -0.2) is 37.9 Å². The van der Waals surface area contributed by atoms with Crippen molar-refractivity contribution >= 4 is 28.8 Å². The van der Waals surface area contributed by atoms with E-state index in [1.807, 2.05) is 30.3 Å². The Kier molecular flexibility index (Phi) is 6.46. The molecule has 9 nitrogen and oxygen atoms in total. The van der Waals surface area contributed by atoms with Crippen molar-refractivity contribution in [2.75, 3.05) is 5.32 Å². The van der Waals surface area contributed by atoms with E-state index in [0.717, 1.165) is 5.56 Å². The van der Waals surface area contributed by atoms with E-state index in [1.165, 1.54) is 25.3 Å². The summed E-state index contributed by atoms with van der Waals surface area (Å²) in [6.45, 7) is 3.42. The molecule has 0 saturated heterocycles. The Hall–Kier alpha value is -4.86. The van der Waals surface area contributed by atoms with Gasteiger partial charge in [-0.15, -0.1) is 0 Å². The smallest absolute Gasteiger partial charge is 0.339 e. The van der Waals surface area contributed by atoms with E-state index in [-0.39, 0.29) is 23.8 Å². The van der Waals surface area contributed by atoms with Gasteiger partial charge in [0.1, 0.15) is 5.82 Å². The minimum atomic E-state index is -1.12. The number of esters is 1. The van der Waals surface area contributed by atoms with Crippen molar-refractivity contribution in [3.8, 4) is 11.3 Å². The molecule has 0 aliphatic rings. The van der Waals surface area contributed by atoms with Crippen molar-refractivity contribution in [1.82, 2.24) is 19.9 Å². The van der Waals surface area contributed by atoms with Gasteiger partial charge in [-0.3, -0.25) is 10.1 Å². The maximum atomic E-state index is 13.7. The van der Waals surface area contributed by atoms with Gasteiger partial charge >= 0.3 is 5.97 Å². The van der Waals surface area contributed by atoms with Crippen LogP contribution in [0.15, 0.2) is 77.4 Å². The third-order valence-corrected chi connectivity index (χ3v) is 5.65. The molecule has 1 unspecified atom stereocenters. The van der Waals surface area contributed by atoms with Crippen LogP contribution < -0.4 is 5.32 Å². The van der Waals surface area contributed by atoms with Gasteiger partial charge in [-0.25, -0.2) is 18.9 Å². The summed E-state index contributed by atoms with van der Waals surface area (Å²) in [4.78, 5) is 30.6. The molecule has 0 spiro atoms. The van der Waals surface area contributed by atoms with Gasteiger partial charge < -0.3 is 9.26 Å². The van der Waals surface area contributed by atoms with Crippen molar-refractivity contribution in [1.29, 1.82) is 0 Å². The number of aryl methyl sites for hydroxylation is 1. The predicted octanol–water partition coefficient (Wildman–Crippen LogP) is 4.77. The maximum absolute atomic E-state index is 13.7. The molecular weight excluding hydrogens is 477 g/mol. The number of pyridine rings is 1. The van der Waals surface area contributed by atoms with Crippen LogP contribution in [0.4, 0.5) is 10.3 Å². The quantitative estimate of drug-likeness (QED) is 0.321. The summed E-state index contributed by atoms with van der Waals surface area (Å²) in [5, 5.41) is 11.1. The van der Waals surface area contributed by atoms with E-state index in [0.29, 0.717) is 28.0 Å². The standard InChI is InChI=1S/C27H22FN5O4/c1-16-11-24(37-32-16)31-26(34)17(2)36-27(35)21-13-23(19-8-4-3-5-9-19)30-25-22(21)14-29-33(25)15-18-7-6-10-20(28)12-18/h3-14,17H,15H2,1-2H3,(H,31,34). The number of hydrogen-bond acceptors (Lipinski definition) is 7. The van der Waals surface area contributed by atoms with Gasteiger partial charge in [0.15, 0.2) is 11.8 Å². The van der Waals surface area contributed by atoms with E-state index >= 15 is 0 Å². The zero-order valence-corrected chi connectivity index (χ0v) is 20.0. The number of nitrogens with one attached hydrogen (secondary N) is 1. The summed E-state index contributed by atoms with van der Waals surface area (Å²) >= 11 is 0. The lowest BCUT2D eigenvalue weighted by Crippen LogP contribution is -2.30. The lowest BCUT2D eigenvalue weighted by molar-refractivity contribution is -0.123. The molecule has 37 heavy (non-hydrogen) atoms. The van der Waals surface area contributed by atoms with E-state index in [4.69, 9.17) is 14.2 Å². The molecule has 186 valence electrons. The third kappa shape index (κ3) is 5.22. The van der Waals surface area contributed by atoms with Gasteiger partial charge in [-0.05, 0) is 37.6 Å². The van der Waals surface area contributed by atoms with Crippen LogP contribution in [-0.2, 0) is 16.1 Å². The SMILES string of the molecule is Cc1cc(NC(=O)C(C)OC(=O)c2cc(-c3ccccc3)nc3c2cnn3Cc2cccc(F)c2)on1. The highest BCUT2D eigenvalue weighted by Crippen LogP contribution is 2.26. The number of hydrogen-bond donors (Lipinski definition) is 1. The molecule has 0 aliphatic carbocycles. The van der Waals surface area contributed by atoms with Crippen LogP contribution in [0, 0.1) is 12.7 Å². The summed E-state index contributed by atoms with van der Waals surface area (Å²) in [6.07, 6.45) is 0.387. The lowest BCUT2D eigenvalue weighted by Gasteiger charge is -2.13. The van der Waals surface area contributed by atoms with Crippen LogP contribution in [0.3, 0.4) is 0 Å². The maximum Gasteiger partial charge on any atom is 0.339 e. The van der Waals surface area contributed by atoms with Crippen molar-refractivity contribution in [2.24, 2.45) is 0 Å². The second kappa shape index (κ2) is 10.0. The summed E-state index contributed by atoms with van der Waals surface area (Å²) in [5.41, 5.74) is 3.21. The number of aromatic nitrogens is 4. The molecule has 0 bridgehead atoms. The molecule has 0 saturated carbocycles. The highest BCUT2D eigenvalue weighted by molar-refractivity contribution is 6.05. The highest BCUT2D eigenvalue weighted by atomic mass is 19.1. The van der Waals surface area contributed by atoms with Gasteiger partial charge in [-0.1, -0.05) is 47.6 Å². The second-order valence-corrected chi connectivity index (χ2v) is 8.46. The molecular formula is C27H22FN5O4. The molecule has 3 heterocycles. The van der Waals surface area contributed by atoms with Crippen LogP contribution in [0.25, 0.3) is 22.3 Å². The fraction of sp³-hybridized carbons (Fsp3) is 0.148. The fourth-order valence-electron chi connectivity index (χ4n) is 3.82. The molecule has 5 aromatic rings. The minimum absolute atomic E-state index is 0.154. The number of nitrogens with zero attached hydrogens (tertiary/aromatic N) is 4. The molecule has 0 radical (unpaired) electrons. The topological polar surface area (TPSA) is 112 Å². The molecule has 5 rings (SSSR count). The first kappa shape index (κ1) is 23.9. The Morgan fingerprint density at radius 1 is 1.11 bits per heavy atom.